The maximum absolute atomic E-state index is 13.6. The molecular formula is C18H16F3NO3S. The summed E-state index contributed by atoms with van der Waals surface area (Å²) in [5.41, 5.74) is 0.495. The van der Waals surface area contributed by atoms with E-state index in [1.165, 1.54) is 42.3 Å². The predicted octanol–water partition coefficient (Wildman–Crippen LogP) is 3.96. The van der Waals surface area contributed by atoms with Crippen LogP contribution in [0.3, 0.4) is 0 Å². The zero-order valence-electron chi connectivity index (χ0n) is 13.8. The average Bonchev–Trinajstić information content (AvgIpc) is 2.61. The molecule has 0 fully saturated rings. The van der Waals surface area contributed by atoms with Gasteiger partial charge in [0.05, 0.1) is 5.56 Å². The van der Waals surface area contributed by atoms with Gasteiger partial charge in [0, 0.05) is 24.1 Å². The minimum absolute atomic E-state index is 0.0443. The van der Waals surface area contributed by atoms with E-state index in [1.54, 1.807) is 18.2 Å². The molecule has 2 rings (SSSR count). The third kappa shape index (κ3) is 5.80. The number of halogens is 3. The molecule has 2 aromatic rings. The summed E-state index contributed by atoms with van der Waals surface area (Å²) in [4.78, 5) is 25.5. The van der Waals surface area contributed by atoms with E-state index in [2.05, 4.69) is 0 Å². The van der Waals surface area contributed by atoms with Gasteiger partial charge in [-0.1, -0.05) is 30.0 Å². The highest BCUT2D eigenvalue weighted by Crippen LogP contribution is 2.25. The number of esters is 1. The molecule has 0 aliphatic carbocycles. The fraction of sp³-hybridized carbons (Fsp3) is 0.222. The van der Waals surface area contributed by atoms with Gasteiger partial charge in [0.15, 0.2) is 6.61 Å². The number of amides is 1. The van der Waals surface area contributed by atoms with Crippen LogP contribution in [-0.2, 0) is 16.1 Å². The van der Waals surface area contributed by atoms with Crippen LogP contribution >= 0.6 is 11.8 Å². The van der Waals surface area contributed by atoms with Crippen LogP contribution in [0.4, 0.5) is 13.2 Å². The first-order valence-corrected chi connectivity index (χ1v) is 8.44. The smallest absolute Gasteiger partial charge is 0.338 e. The molecule has 8 heteroatoms. The standard InChI is InChI=1S/C18H16F3NO3S/c1-22(10-13-4-2-3-5-15(13)19)16(23)11-25-17(24)12-6-8-14(9-7-12)26-18(20)21/h2-9,18H,10-11H2,1H3. The van der Waals surface area contributed by atoms with Crippen molar-refractivity contribution in [3.8, 4) is 0 Å². The Morgan fingerprint density at radius 1 is 1.12 bits per heavy atom. The molecule has 0 heterocycles. The number of alkyl halides is 2. The van der Waals surface area contributed by atoms with Crippen molar-refractivity contribution in [3.63, 3.8) is 0 Å². The molecule has 0 N–H and O–H groups in total. The lowest BCUT2D eigenvalue weighted by molar-refractivity contribution is -0.133. The number of hydrogen-bond donors (Lipinski definition) is 0. The zero-order chi connectivity index (χ0) is 19.1. The van der Waals surface area contributed by atoms with E-state index >= 15 is 0 Å². The van der Waals surface area contributed by atoms with Crippen molar-refractivity contribution in [2.45, 2.75) is 17.2 Å². The molecule has 0 aliphatic heterocycles. The summed E-state index contributed by atoms with van der Waals surface area (Å²) in [6.45, 7) is -0.458. The monoisotopic (exact) mass is 383 g/mol. The van der Waals surface area contributed by atoms with Crippen LogP contribution in [0.15, 0.2) is 53.4 Å². The second kappa shape index (κ2) is 9.28. The largest absolute Gasteiger partial charge is 0.452 e. The highest BCUT2D eigenvalue weighted by atomic mass is 32.2. The fourth-order valence-corrected chi connectivity index (χ4v) is 2.56. The zero-order valence-corrected chi connectivity index (χ0v) is 14.6. The molecule has 0 spiro atoms. The Morgan fingerprint density at radius 2 is 1.77 bits per heavy atom. The summed E-state index contributed by atoms with van der Waals surface area (Å²) in [5, 5.41) is 0. The van der Waals surface area contributed by atoms with Crippen molar-refractivity contribution in [3.05, 3.63) is 65.5 Å². The normalized spacial score (nSPS) is 10.7. The van der Waals surface area contributed by atoms with Crippen molar-refractivity contribution in [1.82, 2.24) is 4.90 Å². The van der Waals surface area contributed by atoms with Crippen molar-refractivity contribution >= 4 is 23.6 Å². The number of nitrogens with zero attached hydrogens (tertiary/aromatic N) is 1. The van der Waals surface area contributed by atoms with Gasteiger partial charge in [-0.15, -0.1) is 0 Å². The predicted molar refractivity (Wildman–Crippen MR) is 91.5 cm³/mol. The fourth-order valence-electron chi connectivity index (χ4n) is 2.06. The van der Waals surface area contributed by atoms with E-state index in [9.17, 15) is 22.8 Å². The minimum atomic E-state index is -2.55. The topological polar surface area (TPSA) is 46.6 Å². The first-order valence-electron chi connectivity index (χ1n) is 7.56. The van der Waals surface area contributed by atoms with Crippen LogP contribution in [0.25, 0.3) is 0 Å². The number of rotatable bonds is 7. The number of carbonyl (C=O) groups is 2. The van der Waals surface area contributed by atoms with E-state index in [1.807, 2.05) is 0 Å². The van der Waals surface area contributed by atoms with Crippen LogP contribution in [0.2, 0.25) is 0 Å². The number of ether oxygens (including phenoxy) is 1. The van der Waals surface area contributed by atoms with E-state index in [-0.39, 0.29) is 12.1 Å². The van der Waals surface area contributed by atoms with Gasteiger partial charge in [0.25, 0.3) is 11.7 Å². The maximum atomic E-state index is 13.6. The summed E-state index contributed by atoms with van der Waals surface area (Å²) in [6.07, 6.45) is 0. The van der Waals surface area contributed by atoms with Crippen molar-refractivity contribution in [1.29, 1.82) is 0 Å². The second-order valence-corrected chi connectivity index (χ2v) is 6.38. The van der Waals surface area contributed by atoms with E-state index < -0.39 is 30.1 Å². The Kier molecular flexibility index (Phi) is 7.08. The van der Waals surface area contributed by atoms with E-state index in [4.69, 9.17) is 4.74 Å². The summed E-state index contributed by atoms with van der Waals surface area (Å²) < 4.78 is 43.0. The third-order valence-electron chi connectivity index (χ3n) is 3.43. The van der Waals surface area contributed by atoms with Gasteiger partial charge in [-0.2, -0.15) is 8.78 Å². The molecular weight excluding hydrogens is 367 g/mol. The lowest BCUT2D eigenvalue weighted by Gasteiger charge is -2.17. The maximum Gasteiger partial charge on any atom is 0.338 e. The Bertz CT molecular complexity index is 769. The molecule has 0 aliphatic rings. The summed E-state index contributed by atoms with van der Waals surface area (Å²) in [5.74, 6) is -4.21. The van der Waals surface area contributed by atoms with Crippen molar-refractivity contribution in [2.24, 2.45) is 0 Å². The SMILES string of the molecule is CN(Cc1ccccc1F)C(=O)COC(=O)c1ccc(SC(F)F)cc1. The van der Waals surface area contributed by atoms with Gasteiger partial charge in [0.1, 0.15) is 5.82 Å². The number of hydrogen-bond acceptors (Lipinski definition) is 4. The molecule has 4 nitrogen and oxygen atoms in total. The Balaban J connectivity index is 1.86. The van der Waals surface area contributed by atoms with Crippen molar-refractivity contribution < 1.29 is 27.5 Å². The number of carbonyl (C=O) groups excluding carboxylic acids is 2. The summed E-state index contributed by atoms with van der Waals surface area (Å²) >= 11 is 0.366. The Hall–Kier alpha value is -2.48. The Labute approximate surface area is 152 Å². The summed E-state index contributed by atoms with van der Waals surface area (Å²) in [7, 11) is 1.47. The van der Waals surface area contributed by atoms with Crippen LogP contribution in [0.5, 0.6) is 0 Å². The lowest BCUT2D eigenvalue weighted by atomic mass is 10.2. The molecule has 0 atom stereocenters. The van der Waals surface area contributed by atoms with Gasteiger partial charge in [-0.3, -0.25) is 4.79 Å². The lowest BCUT2D eigenvalue weighted by Crippen LogP contribution is -2.31. The van der Waals surface area contributed by atoms with Crippen molar-refractivity contribution in [2.75, 3.05) is 13.7 Å². The summed E-state index contributed by atoms with van der Waals surface area (Å²) in [6, 6.07) is 11.5. The number of thioether (sulfide) groups is 1. The number of benzene rings is 2. The van der Waals surface area contributed by atoms with Gasteiger partial charge in [-0.05, 0) is 30.3 Å². The minimum Gasteiger partial charge on any atom is -0.452 e. The molecule has 0 bridgehead atoms. The highest BCUT2D eigenvalue weighted by Gasteiger charge is 2.15. The molecule has 0 saturated carbocycles. The molecule has 0 aromatic heterocycles. The van der Waals surface area contributed by atoms with Crippen LogP contribution in [-0.4, -0.2) is 36.2 Å². The Morgan fingerprint density at radius 3 is 2.38 bits per heavy atom. The molecule has 0 radical (unpaired) electrons. The quantitative estimate of drug-likeness (QED) is 0.536. The first kappa shape index (κ1) is 19.8. The molecule has 26 heavy (non-hydrogen) atoms. The molecule has 1 amide bonds. The van der Waals surface area contributed by atoms with E-state index in [0.29, 0.717) is 22.2 Å². The first-order chi connectivity index (χ1) is 12.4. The number of likely N-dealkylation sites (N-methyl/N-ethyl adjacent to an activating group) is 1. The molecule has 0 saturated heterocycles. The van der Waals surface area contributed by atoms with Gasteiger partial charge >= 0.3 is 5.97 Å². The van der Waals surface area contributed by atoms with Crippen LogP contribution in [0.1, 0.15) is 15.9 Å². The van der Waals surface area contributed by atoms with Crippen LogP contribution < -0.4 is 0 Å². The average molecular weight is 383 g/mol. The highest BCUT2D eigenvalue weighted by molar-refractivity contribution is 7.99. The van der Waals surface area contributed by atoms with Gasteiger partial charge < -0.3 is 9.64 Å². The van der Waals surface area contributed by atoms with Gasteiger partial charge in [-0.25, -0.2) is 9.18 Å². The molecule has 0 unspecified atom stereocenters. The van der Waals surface area contributed by atoms with Gasteiger partial charge in [0.2, 0.25) is 0 Å². The molecule has 138 valence electrons. The molecule has 2 aromatic carbocycles. The van der Waals surface area contributed by atoms with Crippen LogP contribution in [0, 0.1) is 5.82 Å². The third-order valence-corrected chi connectivity index (χ3v) is 4.16. The van der Waals surface area contributed by atoms with E-state index in [0.717, 1.165) is 0 Å². The second-order valence-electron chi connectivity index (χ2n) is 5.32.